The highest BCUT2D eigenvalue weighted by Crippen LogP contribution is 2.31. The molecule has 2 rings (SSSR count). The second kappa shape index (κ2) is 3.77. The molecule has 0 aromatic heterocycles. The molecular weight excluding hydrogens is 210 g/mol. The molecule has 1 aromatic carbocycles. The van der Waals surface area contributed by atoms with Crippen LogP contribution in [0.5, 0.6) is 5.75 Å². The minimum Gasteiger partial charge on any atom is -0.501 e. The molecule has 1 atom stereocenters. The SMILES string of the molecule is COc1cccc([C@@H]2OC(N)=C(O)C2=O)c1. The van der Waals surface area contributed by atoms with Crippen LogP contribution in [0.4, 0.5) is 0 Å². The molecular formula is C11H11NO4. The summed E-state index contributed by atoms with van der Waals surface area (Å²) < 4.78 is 10.1. The first kappa shape index (κ1) is 10.4. The van der Waals surface area contributed by atoms with Gasteiger partial charge in [0.25, 0.3) is 0 Å². The molecule has 0 saturated carbocycles. The van der Waals surface area contributed by atoms with E-state index in [0.717, 1.165) is 0 Å². The monoisotopic (exact) mass is 221 g/mol. The number of carbonyl (C=O) groups excluding carboxylic acids is 1. The van der Waals surface area contributed by atoms with Gasteiger partial charge < -0.3 is 20.3 Å². The Morgan fingerprint density at radius 1 is 1.50 bits per heavy atom. The van der Waals surface area contributed by atoms with E-state index in [0.29, 0.717) is 11.3 Å². The molecule has 0 amide bonds. The summed E-state index contributed by atoms with van der Waals surface area (Å²) in [6.07, 6.45) is -0.880. The molecule has 5 nitrogen and oxygen atoms in total. The third-order valence-corrected chi connectivity index (χ3v) is 2.35. The fourth-order valence-corrected chi connectivity index (χ4v) is 1.51. The van der Waals surface area contributed by atoms with Gasteiger partial charge in [-0.05, 0) is 12.1 Å². The minimum absolute atomic E-state index is 0.238. The zero-order valence-corrected chi connectivity index (χ0v) is 8.64. The number of carbonyl (C=O) groups is 1. The van der Waals surface area contributed by atoms with Crippen LogP contribution in [0.1, 0.15) is 11.7 Å². The fourth-order valence-electron chi connectivity index (χ4n) is 1.51. The summed E-state index contributed by atoms with van der Waals surface area (Å²) in [5, 5.41) is 9.27. The van der Waals surface area contributed by atoms with E-state index in [9.17, 15) is 9.90 Å². The van der Waals surface area contributed by atoms with Gasteiger partial charge in [0.15, 0.2) is 6.10 Å². The first-order chi connectivity index (χ1) is 7.63. The van der Waals surface area contributed by atoms with Crippen molar-refractivity contribution in [2.75, 3.05) is 7.11 Å². The van der Waals surface area contributed by atoms with Crippen molar-refractivity contribution in [3.05, 3.63) is 41.5 Å². The predicted octanol–water partition coefficient (Wildman–Crippen LogP) is 1.02. The molecule has 0 spiro atoms. The Balaban J connectivity index is 2.30. The number of aliphatic hydroxyl groups excluding tert-OH is 1. The standard InChI is InChI=1S/C11H11NO4/c1-15-7-4-2-3-6(5-7)10-8(13)9(14)11(12)16-10/h2-5,10,14H,12H2,1H3/t10-/m0/s1. The Hall–Kier alpha value is -2.17. The van der Waals surface area contributed by atoms with Crippen molar-refractivity contribution in [2.24, 2.45) is 5.73 Å². The van der Waals surface area contributed by atoms with Gasteiger partial charge in [-0.3, -0.25) is 4.79 Å². The van der Waals surface area contributed by atoms with E-state index in [1.165, 1.54) is 7.11 Å². The number of aliphatic hydroxyl groups is 1. The molecule has 0 saturated heterocycles. The molecule has 1 aliphatic heterocycles. The van der Waals surface area contributed by atoms with Crippen molar-refractivity contribution in [1.29, 1.82) is 0 Å². The quantitative estimate of drug-likeness (QED) is 0.779. The summed E-state index contributed by atoms with van der Waals surface area (Å²) in [4.78, 5) is 11.6. The van der Waals surface area contributed by atoms with E-state index in [1.807, 2.05) is 0 Å². The highest BCUT2D eigenvalue weighted by atomic mass is 16.5. The summed E-state index contributed by atoms with van der Waals surface area (Å²) in [6.45, 7) is 0. The molecule has 16 heavy (non-hydrogen) atoms. The van der Waals surface area contributed by atoms with Crippen LogP contribution in [0.15, 0.2) is 35.9 Å². The van der Waals surface area contributed by atoms with Gasteiger partial charge in [-0.25, -0.2) is 0 Å². The van der Waals surface area contributed by atoms with Crippen molar-refractivity contribution < 1.29 is 19.4 Å². The van der Waals surface area contributed by atoms with E-state index < -0.39 is 17.6 Å². The lowest BCUT2D eigenvalue weighted by atomic mass is 10.1. The van der Waals surface area contributed by atoms with Gasteiger partial charge in [0.1, 0.15) is 5.75 Å². The lowest BCUT2D eigenvalue weighted by Gasteiger charge is -2.10. The molecule has 5 heteroatoms. The highest BCUT2D eigenvalue weighted by molar-refractivity contribution is 5.99. The molecule has 1 heterocycles. The van der Waals surface area contributed by atoms with Crippen molar-refractivity contribution in [3.8, 4) is 5.75 Å². The van der Waals surface area contributed by atoms with Crippen LogP contribution in [-0.4, -0.2) is 18.0 Å². The van der Waals surface area contributed by atoms with Gasteiger partial charge in [-0.1, -0.05) is 12.1 Å². The normalized spacial score (nSPS) is 19.8. The second-order valence-electron chi connectivity index (χ2n) is 3.35. The van der Waals surface area contributed by atoms with Crippen LogP contribution in [-0.2, 0) is 9.53 Å². The molecule has 0 bridgehead atoms. The molecule has 1 aliphatic rings. The van der Waals surface area contributed by atoms with E-state index in [2.05, 4.69) is 0 Å². The molecule has 0 unspecified atom stereocenters. The van der Waals surface area contributed by atoms with Gasteiger partial charge in [0, 0.05) is 5.56 Å². The van der Waals surface area contributed by atoms with Crippen molar-refractivity contribution in [3.63, 3.8) is 0 Å². The Labute approximate surface area is 92.1 Å². The molecule has 1 aromatic rings. The second-order valence-corrected chi connectivity index (χ2v) is 3.35. The van der Waals surface area contributed by atoms with Crippen LogP contribution in [0.3, 0.4) is 0 Å². The first-order valence-corrected chi connectivity index (χ1v) is 4.67. The topological polar surface area (TPSA) is 81.8 Å². The van der Waals surface area contributed by atoms with E-state index in [4.69, 9.17) is 15.2 Å². The maximum Gasteiger partial charge on any atom is 0.247 e. The summed E-state index contributed by atoms with van der Waals surface area (Å²) >= 11 is 0. The van der Waals surface area contributed by atoms with Crippen molar-refractivity contribution in [1.82, 2.24) is 0 Å². The number of hydrogen-bond acceptors (Lipinski definition) is 5. The summed E-state index contributed by atoms with van der Waals surface area (Å²) in [7, 11) is 1.53. The maximum atomic E-state index is 11.6. The van der Waals surface area contributed by atoms with Crippen molar-refractivity contribution in [2.45, 2.75) is 6.10 Å². The largest absolute Gasteiger partial charge is 0.501 e. The highest BCUT2D eigenvalue weighted by Gasteiger charge is 2.35. The smallest absolute Gasteiger partial charge is 0.247 e. The number of methoxy groups -OCH3 is 1. The Morgan fingerprint density at radius 2 is 2.25 bits per heavy atom. The summed E-state index contributed by atoms with van der Waals surface area (Å²) in [6, 6.07) is 6.85. The summed E-state index contributed by atoms with van der Waals surface area (Å²) in [5.41, 5.74) is 5.92. The van der Waals surface area contributed by atoms with Gasteiger partial charge in [0.2, 0.25) is 17.4 Å². The molecule has 0 aliphatic carbocycles. The van der Waals surface area contributed by atoms with Gasteiger partial charge in [-0.2, -0.15) is 0 Å². The Kier molecular flexibility index (Phi) is 2.44. The lowest BCUT2D eigenvalue weighted by molar-refractivity contribution is -0.123. The first-order valence-electron chi connectivity index (χ1n) is 4.67. The third-order valence-electron chi connectivity index (χ3n) is 2.35. The number of ketones is 1. The van der Waals surface area contributed by atoms with Gasteiger partial charge >= 0.3 is 0 Å². The zero-order chi connectivity index (χ0) is 11.7. The predicted molar refractivity (Wildman–Crippen MR) is 55.7 cm³/mol. The minimum atomic E-state index is -0.880. The maximum absolute atomic E-state index is 11.6. The van der Waals surface area contributed by atoms with Crippen LogP contribution in [0.25, 0.3) is 0 Å². The van der Waals surface area contributed by atoms with Crippen LogP contribution in [0, 0.1) is 0 Å². The van der Waals surface area contributed by atoms with Crippen LogP contribution >= 0.6 is 0 Å². The van der Waals surface area contributed by atoms with Gasteiger partial charge in [0.05, 0.1) is 7.11 Å². The van der Waals surface area contributed by atoms with Gasteiger partial charge in [-0.15, -0.1) is 0 Å². The van der Waals surface area contributed by atoms with Crippen LogP contribution in [0.2, 0.25) is 0 Å². The average Bonchev–Trinajstić information content (AvgIpc) is 2.57. The zero-order valence-electron chi connectivity index (χ0n) is 8.64. The van der Waals surface area contributed by atoms with Crippen molar-refractivity contribution >= 4 is 5.78 Å². The van der Waals surface area contributed by atoms with E-state index >= 15 is 0 Å². The summed E-state index contributed by atoms with van der Waals surface area (Å²) in [5.74, 6) is -0.685. The molecule has 0 fully saturated rings. The number of ether oxygens (including phenoxy) is 2. The average molecular weight is 221 g/mol. The number of rotatable bonds is 2. The lowest BCUT2D eigenvalue weighted by Crippen LogP contribution is -2.09. The third kappa shape index (κ3) is 1.56. The molecule has 3 N–H and O–H groups in total. The number of nitrogens with two attached hydrogens (primary N) is 1. The Bertz CT molecular complexity index is 467. The number of benzene rings is 1. The number of Topliss-reactive ketones (excluding diaryl/α,β-unsaturated/α-hetero) is 1. The molecule has 84 valence electrons. The fraction of sp³-hybridized carbons (Fsp3) is 0.182. The van der Waals surface area contributed by atoms with E-state index in [-0.39, 0.29) is 5.88 Å². The number of hydrogen-bond donors (Lipinski definition) is 2. The van der Waals surface area contributed by atoms with E-state index in [1.54, 1.807) is 24.3 Å². The molecule has 0 radical (unpaired) electrons. The Morgan fingerprint density at radius 3 is 2.81 bits per heavy atom. The van der Waals surface area contributed by atoms with Crippen LogP contribution < -0.4 is 10.5 Å².